The largest absolute Gasteiger partial charge is 0.300 e. The van der Waals surface area contributed by atoms with Crippen LogP contribution in [0.15, 0.2) is 24.3 Å². The van der Waals surface area contributed by atoms with Crippen LogP contribution >= 0.6 is 11.3 Å². The highest BCUT2D eigenvalue weighted by atomic mass is 32.1. The zero-order chi connectivity index (χ0) is 17.6. The van der Waals surface area contributed by atoms with E-state index in [0.29, 0.717) is 39.7 Å². The summed E-state index contributed by atoms with van der Waals surface area (Å²) in [6.07, 6.45) is 1.97. The van der Waals surface area contributed by atoms with Crippen molar-refractivity contribution in [2.75, 3.05) is 11.9 Å². The molecular weight excluding hydrogens is 342 g/mol. The summed E-state index contributed by atoms with van der Waals surface area (Å²) < 4.78 is 0. The van der Waals surface area contributed by atoms with Crippen molar-refractivity contribution in [3.63, 3.8) is 0 Å². The number of hydrogen-bond donors (Lipinski definition) is 1. The molecule has 0 saturated heterocycles. The monoisotopic (exact) mass is 355 g/mol. The number of ketones is 1. The molecule has 0 fully saturated rings. The lowest BCUT2D eigenvalue weighted by Crippen LogP contribution is -2.37. The van der Waals surface area contributed by atoms with Crippen molar-refractivity contribution in [2.24, 2.45) is 0 Å². The zero-order valence-corrected chi connectivity index (χ0v) is 13.9. The minimum absolute atomic E-state index is 0.0413. The van der Waals surface area contributed by atoms with E-state index >= 15 is 0 Å². The second kappa shape index (κ2) is 5.89. The molecule has 3 amide bonds. The lowest BCUT2D eigenvalue weighted by molar-refractivity contribution is -0.116. The van der Waals surface area contributed by atoms with Gasteiger partial charge in [0, 0.05) is 6.42 Å². The molecule has 2 aromatic rings. The van der Waals surface area contributed by atoms with Gasteiger partial charge < -0.3 is 5.32 Å². The van der Waals surface area contributed by atoms with Crippen LogP contribution in [0.1, 0.15) is 48.9 Å². The third kappa shape index (κ3) is 2.64. The van der Waals surface area contributed by atoms with Gasteiger partial charge in [-0.05, 0) is 25.0 Å². The van der Waals surface area contributed by atoms with E-state index in [4.69, 9.17) is 0 Å². The molecule has 8 heteroatoms. The summed E-state index contributed by atoms with van der Waals surface area (Å²) in [4.78, 5) is 54.4. The maximum atomic E-state index is 12.3. The number of nitrogens with zero attached hydrogens (tertiary/aromatic N) is 2. The number of imide groups is 1. The van der Waals surface area contributed by atoms with Crippen LogP contribution < -0.4 is 5.32 Å². The van der Waals surface area contributed by atoms with Crippen LogP contribution in [0, 0.1) is 0 Å². The molecule has 0 atom stereocenters. The third-order valence-corrected chi connectivity index (χ3v) is 5.25. The van der Waals surface area contributed by atoms with Crippen LogP contribution in [-0.4, -0.2) is 39.9 Å². The SMILES string of the molecule is O=C(CN1C(=O)c2ccccc2C1=O)Nc1nc2c(s1)C(=O)CCC2. The van der Waals surface area contributed by atoms with Crippen molar-refractivity contribution in [2.45, 2.75) is 19.3 Å². The van der Waals surface area contributed by atoms with Gasteiger partial charge in [0.15, 0.2) is 10.9 Å². The van der Waals surface area contributed by atoms with Crippen LogP contribution in [0.4, 0.5) is 5.13 Å². The quantitative estimate of drug-likeness (QED) is 0.848. The van der Waals surface area contributed by atoms with Crippen molar-refractivity contribution in [3.05, 3.63) is 46.0 Å². The topological polar surface area (TPSA) is 96.4 Å². The average molecular weight is 355 g/mol. The number of benzene rings is 1. The summed E-state index contributed by atoms with van der Waals surface area (Å²) in [7, 11) is 0. The number of anilines is 1. The smallest absolute Gasteiger partial charge is 0.262 e. The number of aromatic nitrogens is 1. The first-order valence-electron chi connectivity index (χ1n) is 7.82. The maximum absolute atomic E-state index is 12.3. The Bertz CT molecular complexity index is 899. The number of amides is 3. The van der Waals surface area contributed by atoms with E-state index in [0.717, 1.165) is 22.7 Å². The zero-order valence-electron chi connectivity index (χ0n) is 13.1. The standard InChI is InChI=1S/C17H13N3O4S/c21-12-7-3-6-11-14(12)25-17(18-11)19-13(22)8-20-15(23)9-4-1-2-5-10(9)16(20)24/h1-2,4-5H,3,6-8H2,(H,18,19,22). The highest BCUT2D eigenvalue weighted by Crippen LogP contribution is 2.29. The van der Waals surface area contributed by atoms with Crippen LogP contribution in [0.2, 0.25) is 0 Å². The molecule has 0 radical (unpaired) electrons. The molecule has 4 rings (SSSR count). The lowest BCUT2D eigenvalue weighted by Gasteiger charge is -2.12. The van der Waals surface area contributed by atoms with Crippen molar-refractivity contribution in [3.8, 4) is 0 Å². The minimum atomic E-state index is -0.520. The van der Waals surface area contributed by atoms with Crippen LogP contribution in [-0.2, 0) is 11.2 Å². The van der Waals surface area contributed by atoms with Crippen LogP contribution in [0.5, 0.6) is 0 Å². The summed E-state index contributed by atoms with van der Waals surface area (Å²) >= 11 is 1.14. The van der Waals surface area contributed by atoms with Gasteiger partial charge in [-0.15, -0.1) is 0 Å². The van der Waals surface area contributed by atoms with Crippen LogP contribution in [0.25, 0.3) is 0 Å². The summed E-state index contributed by atoms with van der Waals surface area (Å²) in [5.74, 6) is -1.44. The predicted molar refractivity (Wildman–Crippen MR) is 89.8 cm³/mol. The van der Waals surface area contributed by atoms with Gasteiger partial charge in [0.2, 0.25) is 5.91 Å². The Balaban J connectivity index is 1.48. The van der Waals surface area contributed by atoms with E-state index in [1.54, 1.807) is 24.3 Å². The normalized spacial score (nSPS) is 16.0. The van der Waals surface area contributed by atoms with Crippen molar-refractivity contribution < 1.29 is 19.2 Å². The lowest BCUT2D eigenvalue weighted by atomic mass is 10.0. The maximum Gasteiger partial charge on any atom is 0.262 e. The number of carbonyl (C=O) groups excluding carboxylic acids is 4. The number of hydrogen-bond acceptors (Lipinski definition) is 6. The number of rotatable bonds is 3. The van der Waals surface area contributed by atoms with E-state index in [-0.39, 0.29) is 12.3 Å². The molecule has 2 heterocycles. The van der Waals surface area contributed by atoms with Gasteiger partial charge in [0.25, 0.3) is 11.8 Å². The Kier molecular flexibility index (Phi) is 3.69. The number of aryl methyl sites for hydroxylation is 1. The van der Waals surface area contributed by atoms with Gasteiger partial charge in [0.1, 0.15) is 6.54 Å². The number of carbonyl (C=O) groups is 4. The molecule has 2 aliphatic rings. The molecule has 25 heavy (non-hydrogen) atoms. The third-order valence-electron chi connectivity index (χ3n) is 4.19. The fraction of sp³-hybridized carbons (Fsp3) is 0.235. The summed E-state index contributed by atoms with van der Waals surface area (Å²) in [6.45, 7) is -0.384. The van der Waals surface area contributed by atoms with E-state index in [2.05, 4.69) is 10.3 Å². The van der Waals surface area contributed by atoms with Crippen LogP contribution in [0.3, 0.4) is 0 Å². The van der Waals surface area contributed by atoms with Gasteiger partial charge in [-0.25, -0.2) is 4.98 Å². The first kappa shape index (κ1) is 15.6. The summed E-state index contributed by atoms with van der Waals surface area (Å²) in [6, 6.07) is 6.47. The number of Topliss-reactive ketones (excluding diaryl/α,β-unsaturated/α-hetero) is 1. The highest BCUT2D eigenvalue weighted by Gasteiger charge is 2.36. The average Bonchev–Trinajstić information content (AvgIpc) is 3.11. The highest BCUT2D eigenvalue weighted by molar-refractivity contribution is 7.17. The van der Waals surface area contributed by atoms with E-state index < -0.39 is 17.7 Å². The molecular formula is C17H13N3O4S. The molecule has 0 bridgehead atoms. The fourth-order valence-electron chi connectivity index (χ4n) is 3.01. The van der Waals surface area contributed by atoms with Crippen molar-refractivity contribution in [1.82, 2.24) is 9.88 Å². The molecule has 1 aromatic heterocycles. The molecule has 1 aromatic carbocycles. The summed E-state index contributed by atoms with van der Waals surface area (Å²) in [5.41, 5.74) is 1.31. The molecule has 1 aliphatic carbocycles. The first-order valence-corrected chi connectivity index (χ1v) is 8.64. The Morgan fingerprint density at radius 3 is 2.44 bits per heavy atom. The minimum Gasteiger partial charge on any atom is -0.300 e. The first-order chi connectivity index (χ1) is 12.0. The fourth-order valence-corrected chi connectivity index (χ4v) is 4.00. The molecule has 0 spiro atoms. The van der Waals surface area contributed by atoms with Gasteiger partial charge in [-0.2, -0.15) is 0 Å². The Labute approximate surface area is 146 Å². The Morgan fingerprint density at radius 1 is 1.12 bits per heavy atom. The molecule has 126 valence electrons. The second-order valence-corrected chi connectivity index (χ2v) is 6.86. The number of nitrogens with one attached hydrogen (secondary N) is 1. The van der Waals surface area contributed by atoms with E-state index in [9.17, 15) is 19.2 Å². The van der Waals surface area contributed by atoms with E-state index in [1.807, 2.05) is 0 Å². The number of fused-ring (bicyclic) bond motifs is 2. The van der Waals surface area contributed by atoms with Gasteiger partial charge in [0.05, 0.1) is 21.7 Å². The molecule has 0 saturated carbocycles. The Morgan fingerprint density at radius 2 is 1.80 bits per heavy atom. The molecule has 1 aliphatic heterocycles. The van der Waals surface area contributed by atoms with Gasteiger partial charge in [-0.1, -0.05) is 23.5 Å². The molecule has 7 nitrogen and oxygen atoms in total. The number of thiazole rings is 1. The summed E-state index contributed by atoms with van der Waals surface area (Å²) in [5, 5.41) is 2.91. The van der Waals surface area contributed by atoms with Gasteiger partial charge >= 0.3 is 0 Å². The molecule has 1 N–H and O–H groups in total. The Hall–Kier alpha value is -2.87. The predicted octanol–water partition coefficient (Wildman–Crippen LogP) is 1.90. The van der Waals surface area contributed by atoms with Crippen molar-refractivity contribution >= 4 is 40.0 Å². The van der Waals surface area contributed by atoms with Gasteiger partial charge in [-0.3, -0.25) is 24.1 Å². The van der Waals surface area contributed by atoms with Crippen molar-refractivity contribution in [1.29, 1.82) is 0 Å². The molecule has 0 unspecified atom stereocenters. The second-order valence-electron chi connectivity index (χ2n) is 5.86. The van der Waals surface area contributed by atoms with E-state index in [1.165, 1.54) is 0 Å².